The van der Waals surface area contributed by atoms with Gasteiger partial charge in [-0.1, -0.05) is 78.9 Å². The molecule has 4 amide bonds. The predicted octanol–water partition coefficient (Wildman–Crippen LogP) is 3.92. The molecule has 3 aromatic rings. The Morgan fingerprint density at radius 1 is 0.667 bits per heavy atom. The van der Waals surface area contributed by atoms with Gasteiger partial charge in [0.1, 0.15) is 0 Å². The molecule has 2 heterocycles. The van der Waals surface area contributed by atoms with E-state index < -0.39 is 11.3 Å². The fraction of sp³-hybridized carbons (Fsp3) is 0.167. The molecule has 0 radical (unpaired) electrons. The Kier molecular flexibility index (Phi) is 3.86. The second-order valence-corrected chi connectivity index (χ2v) is 7.62. The third kappa shape index (κ3) is 2.03. The van der Waals surface area contributed by atoms with Gasteiger partial charge >= 0.3 is 12.1 Å². The maximum absolute atomic E-state index is 13.6. The van der Waals surface area contributed by atoms with Gasteiger partial charge < -0.3 is 5.32 Å². The first kappa shape index (κ1) is 18.2. The largest absolute Gasteiger partial charge is 0.326 e. The van der Waals surface area contributed by atoms with Crippen molar-refractivity contribution in [1.29, 1.82) is 0 Å². The number of urea groups is 2. The molecule has 6 heteroatoms. The molecule has 3 aromatic carbocycles. The van der Waals surface area contributed by atoms with E-state index >= 15 is 0 Å². The van der Waals surface area contributed by atoms with Crippen LogP contribution in [-0.4, -0.2) is 36.0 Å². The van der Waals surface area contributed by atoms with Crippen LogP contribution < -0.4 is 10.2 Å². The second kappa shape index (κ2) is 6.35. The van der Waals surface area contributed by atoms with Gasteiger partial charge in [0.2, 0.25) is 0 Å². The predicted molar refractivity (Wildman–Crippen MR) is 115 cm³/mol. The van der Waals surface area contributed by atoms with Crippen molar-refractivity contribution in [3.8, 4) is 0 Å². The molecule has 0 saturated carbocycles. The summed E-state index contributed by atoms with van der Waals surface area (Å²) in [7, 11) is 3.50. The average Bonchev–Trinajstić information content (AvgIpc) is 3.17. The molecule has 0 bridgehead atoms. The summed E-state index contributed by atoms with van der Waals surface area (Å²) in [4.78, 5) is 32.0. The van der Waals surface area contributed by atoms with E-state index in [-0.39, 0.29) is 12.1 Å². The first-order valence-electron chi connectivity index (χ1n) is 9.85. The number of amides is 4. The second-order valence-electron chi connectivity index (χ2n) is 7.62. The smallest absolute Gasteiger partial charge is 0.307 e. The van der Waals surface area contributed by atoms with Gasteiger partial charge in [0, 0.05) is 30.9 Å². The Hall–Kier alpha value is -3.80. The molecule has 2 saturated heterocycles. The van der Waals surface area contributed by atoms with Gasteiger partial charge in [0.15, 0.2) is 11.3 Å². The molecular formula is C24H22N4O2. The molecule has 30 heavy (non-hydrogen) atoms. The van der Waals surface area contributed by atoms with Gasteiger partial charge in [0.05, 0.1) is 0 Å². The van der Waals surface area contributed by atoms with Crippen molar-refractivity contribution in [2.24, 2.45) is 0 Å². The Morgan fingerprint density at radius 2 is 1.17 bits per heavy atom. The number of hydrogen-bond donors (Lipinski definition) is 1. The molecular weight excluding hydrogens is 376 g/mol. The van der Waals surface area contributed by atoms with Crippen LogP contribution in [0.4, 0.5) is 15.3 Å². The fourth-order valence-corrected chi connectivity index (χ4v) is 5.05. The quantitative estimate of drug-likeness (QED) is 0.727. The normalized spacial score (nSPS) is 25.5. The monoisotopic (exact) mass is 398 g/mol. The van der Waals surface area contributed by atoms with E-state index in [4.69, 9.17) is 0 Å². The highest BCUT2D eigenvalue weighted by molar-refractivity contribution is 6.01. The van der Waals surface area contributed by atoms with Gasteiger partial charge in [-0.2, -0.15) is 0 Å². The third-order valence-electron chi connectivity index (χ3n) is 6.26. The van der Waals surface area contributed by atoms with E-state index in [9.17, 15) is 9.59 Å². The highest BCUT2D eigenvalue weighted by Crippen LogP contribution is 2.57. The fourth-order valence-electron chi connectivity index (χ4n) is 5.05. The number of likely N-dealkylation sites (N-methyl/N-ethyl adjacent to an activating group) is 2. The number of nitrogens with one attached hydrogen (secondary N) is 1. The first-order chi connectivity index (χ1) is 14.5. The highest BCUT2D eigenvalue weighted by Gasteiger charge is 2.75. The van der Waals surface area contributed by atoms with Crippen molar-refractivity contribution in [2.45, 2.75) is 11.3 Å². The minimum Gasteiger partial charge on any atom is -0.307 e. The Morgan fingerprint density at radius 3 is 1.73 bits per heavy atom. The minimum atomic E-state index is -1.13. The van der Waals surface area contributed by atoms with Gasteiger partial charge in [-0.3, -0.25) is 14.7 Å². The molecule has 2 unspecified atom stereocenters. The number of carbonyl (C=O) groups excluding carboxylic acids is 2. The number of benzene rings is 3. The average molecular weight is 398 g/mol. The molecule has 2 atom stereocenters. The maximum Gasteiger partial charge on any atom is 0.326 e. The topological polar surface area (TPSA) is 55.9 Å². The van der Waals surface area contributed by atoms with Crippen molar-refractivity contribution in [2.75, 3.05) is 19.0 Å². The lowest BCUT2D eigenvalue weighted by molar-refractivity contribution is 0.0784. The summed E-state index contributed by atoms with van der Waals surface area (Å²) in [5.74, 6) is 0. The van der Waals surface area contributed by atoms with Crippen molar-refractivity contribution in [3.05, 3.63) is 102 Å². The lowest BCUT2D eigenvalue weighted by Crippen LogP contribution is -2.62. The van der Waals surface area contributed by atoms with Crippen LogP contribution in [0, 0.1) is 0 Å². The molecule has 150 valence electrons. The Labute approximate surface area is 175 Å². The summed E-state index contributed by atoms with van der Waals surface area (Å²) < 4.78 is 0. The van der Waals surface area contributed by atoms with Gasteiger partial charge in [-0.05, 0) is 12.1 Å². The summed E-state index contributed by atoms with van der Waals surface area (Å²) in [6, 6.07) is 28.5. The molecule has 2 fully saturated rings. The van der Waals surface area contributed by atoms with Crippen molar-refractivity contribution in [3.63, 3.8) is 0 Å². The van der Waals surface area contributed by atoms with Gasteiger partial charge in [-0.25, -0.2) is 9.59 Å². The first-order valence-corrected chi connectivity index (χ1v) is 9.85. The maximum atomic E-state index is 13.6. The molecule has 0 aromatic heterocycles. The van der Waals surface area contributed by atoms with Crippen LogP contribution >= 0.6 is 0 Å². The molecule has 5 rings (SSSR count). The number of rotatable bonds is 3. The van der Waals surface area contributed by atoms with Crippen LogP contribution in [-0.2, 0) is 11.3 Å². The van der Waals surface area contributed by atoms with Crippen molar-refractivity contribution < 1.29 is 9.59 Å². The SMILES string of the molecule is CN1C(=O)N(C)C2(c3ccccc3)N(c3ccccc3)C(=O)NC12c1ccccc1. The molecule has 2 aliphatic heterocycles. The minimum absolute atomic E-state index is 0.177. The van der Waals surface area contributed by atoms with Crippen LogP contribution in [0.2, 0.25) is 0 Å². The standard InChI is InChI=1S/C24H22N4O2/c1-26-22(30)27(2)24(19-14-8-4-9-15-19)23(26,18-12-6-3-7-13-18)25-21(29)28(24)20-16-10-5-11-17-20/h3-17H,1-2H3,(H,25,29). The molecule has 0 aliphatic carbocycles. The van der Waals surface area contributed by atoms with Crippen LogP contribution in [0.25, 0.3) is 0 Å². The number of nitrogens with zero attached hydrogens (tertiary/aromatic N) is 3. The summed E-state index contributed by atoms with van der Waals surface area (Å²) in [6.45, 7) is 0. The van der Waals surface area contributed by atoms with Crippen LogP contribution in [0.5, 0.6) is 0 Å². The zero-order chi connectivity index (χ0) is 20.9. The lowest BCUT2D eigenvalue weighted by atomic mass is 9.80. The van der Waals surface area contributed by atoms with Crippen LogP contribution in [0.3, 0.4) is 0 Å². The highest BCUT2D eigenvalue weighted by atomic mass is 16.2. The van der Waals surface area contributed by atoms with E-state index in [0.717, 1.165) is 11.1 Å². The Bertz CT molecular complexity index is 1110. The molecule has 6 nitrogen and oxygen atoms in total. The van der Waals surface area contributed by atoms with Gasteiger partial charge in [0.25, 0.3) is 0 Å². The summed E-state index contributed by atoms with van der Waals surface area (Å²) >= 11 is 0. The van der Waals surface area contributed by atoms with E-state index in [1.165, 1.54) is 0 Å². The van der Waals surface area contributed by atoms with Gasteiger partial charge in [-0.15, -0.1) is 0 Å². The number of carbonyl (C=O) groups is 2. The van der Waals surface area contributed by atoms with Crippen molar-refractivity contribution >= 4 is 17.7 Å². The summed E-state index contributed by atoms with van der Waals surface area (Å²) in [5, 5.41) is 3.19. The molecule has 1 N–H and O–H groups in total. The number of para-hydroxylation sites is 1. The molecule has 2 aliphatic rings. The lowest BCUT2D eigenvalue weighted by Gasteiger charge is -2.47. The van der Waals surface area contributed by atoms with Crippen LogP contribution in [0.15, 0.2) is 91.0 Å². The van der Waals surface area contributed by atoms with E-state index in [1.54, 1.807) is 28.8 Å². The van der Waals surface area contributed by atoms with E-state index in [1.807, 2.05) is 91.0 Å². The van der Waals surface area contributed by atoms with Crippen molar-refractivity contribution in [1.82, 2.24) is 15.1 Å². The van der Waals surface area contributed by atoms with E-state index in [2.05, 4.69) is 5.32 Å². The summed E-state index contributed by atoms with van der Waals surface area (Å²) in [6.07, 6.45) is 0. The Balaban J connectivity index is 1.91. The zero-order valence-corrected chi connectivity index (χ0v) is 16.8. The number of anilines is 1. The zero-order valence-electron chi connectivity index (χ0n) is 16.8. The van der Waals surface area contributed by atoms with E-state index in [0.29, 0.717) is 5.69 Å². The third-order valence-corrected chi connectivity index (χ3v) is 6.26. The number of hydrogen-bond acceptors (Lipinski definition) is 2. The summed E-state index contributed by atoms with van der Waals surface area (Å²) in [5.41, 5.74) is 0.151. The van der Waals surface area contributed by atoms with Crippen LogP contribution in [0.1, 0.15) is 11.1 Å². The number of fused-ring (bicyclic) bond motifs is 1. The molecule has 0 spiro atoms.